The zero-order valence-electron chi connectivity index (χ0n) is 8.52. The van der Waals surface area contributed by atoms with E-state index in [0.29, 0.717) is 19.8 Å². The molecule has 1 aliphatic rings. The van der Waals surface area contributed by atoms with Gasteiger partial charge in [-0.25, -0.2) is 0 Å². The summed E-state index contributed by atoms with van der Waals surface area (Å²) in [5.41, 5.74) is 0.942. The first kappa shape index (κ1) is 10.2. The summed E-state index contributed by atoms with van der Waals surface area (Å²) in [6, 6.07) is 7.73. The summed E-state index contributed by atoms with van der Waals surface area (Å²) in [6.07, 6.45) is 1.43. The van der Waals surface area contributed by atoms with E-state index in [0.717, 1.165) is 11.3 Å². The van der Waals surface area contributed by atoms with E-state index in [-0.39, 0.29) is 6.29 Å². The van der Waals surface area contributed by atoms with E-state index in [9.17, 15) is 0 Å². The molecule has 0 unspecified atom stereocenters. The zero-order chi connectivity index (χ0) is 10.5. The highest BCUT2D eigenvalue weighted by molar-refractivity contribution is 5.34. The van der Waals surface area contributed by atoms with Gasteiger partial charge in [0.25, 0.3) is 0 Å². The van der Waals surface area contributed by atoms with Crippen molar-refractivity contribution in [1.29, 1.82) is 0 Å². The van der Waals surface area contributed by atoms with Crippen molar-refractivity contribution in [2.24, 2.45) is 0 Å². The first-order valence-electron chi connectivity index (χ1n) is 4.97. The standard InChI is InChI=1S/C12H14O3/c1-2-7-13-11-6-4-3-5-10(11)12-14-8-9-15-12/h2-6,12H,1,7-9H2. The van der Waals surface area contributed by atoms with Gasteiger partial charge in [0.05, 0.1) is 13.2 Å². The zero-order valence-corrected chi connectivity index (χ0v) is 8.52. The number of hydrogen-bond acceptors (Lipinski definition) is 3. The predicted octanol–water partition coefficient (Wildman–Crippen LogP) is 2.30. The molecule has 0 amide bonds. The van der Waals surface area contributed by atoms with Crippen molar-refractivity contribution in [3.8, 4) is 5.75 Å². The lowest BCUT2D eigenvalue weighted by Gasteiger charge is -2.14. The first-order valence-corrected chi connectivity index (χ1v) is 4.97. The molecule has 1 aliphatic heterocycles. The second-order valence-electron chi connectivity index (χ2n) is 3.21. The van der Waals surface area contributed by atoms with Crippen LogP contribution in [0.2, 0.25) is 0 Å². The van der Waals surface area contributed by atoms with E-state index < -0.39 is 0 Å². The fourth-order valence-electron chi connectivity index (χ4n) is 1.49. The second kappa shape index (κ2) is 4.96. The lowest BCUT2D eigenvalue weighted by Crippen LogP contribution is -2.03. The fraction of sp³-hybridized carbons (Fsp3) is 0.333. The molecule has 0 atom stereocenters. The van der Waals surface area contributed by atoms with Gasteiger partial charge in [-0.2, -0.15) is 0 Å². The summed E-state index contributed by atoms with van der Waals surface area (Å²) in [5, 5.41) is 0. The highest BCUT2D eigenvalue weighted by Gasteiger charge is 2.21. The molecule has 1 aromatic rings. The molecule has 0 spiro atoms. The molecule has 0 N–H and O–H groups in total. The van der Waals surface area contributed by atoms with Gasteiger partial charge in [0.2, 0.25) is 0 Å². The Morgan fingerprint density at radius 3 is 2.80 bits per heavy atom. The van der Waals surface area contributed by atoms with Crippen LogP contribution in [0.25, 0.3) is 0 Å². The topological polar surface area (TPSA) is 27.7 Å². The van der Waals surface area contributed by atoms with Gasteiger partial charge in [-0.05, 0) is 6.07 Å². The molecule has 3 nitrogen and oxygen atoms in total. The van der Waals surface area contributed by atoms with Crippen molar-refractivity contribution in [2.75, 3.05) is 19.8 Å². The largest absolute Gasteiger partial charge is 0.489 e. The second-order valence-corrected chi connectivity index (χ2v) is 3.21. The first-order chi connectivity index (χ1) is 7.42. The van der Waals surface area contributed by atoms with Gasteiger partial charge in [-0.15, -0.1) is 0 Å². The van der Waals surface area contributed by atoms with Crippen LogP contribution in [0.1, 0.15) is 11.9 Å². The van der Waals surface area contributed by atoms with Crippen molar-refractivity contribution in [3.05, 3.63) is 42.5 Å². The summed E-state index contributed by atoms with van der Waals surface area (Å²) < 4.78 is 16.4. The normalized spacial score (nSPS) is 16.5. The van der Waals surface area contributed by atoms with Crippen molar-refractivity contribution >= 4 is 0 Å². The van der Waals surface area contributed by atoms with Crippen LogP contribution in [-0.2, 0) is 9.47 Å². The number of benzene rings is 1. The van der Waals surface area contributed by atoms with Crippen LogP contribution in [0.3, 0.4) is 0 Å². The van der Waals surface area contributed by atoms with Crippen molar-refractivity contribution in [2.45, 2.75) is 6.29 Å². The third kappa shape index (κ3) is 2.37. The quantitative estimate of drug-likeness (QED) is 0.707. The van der Waals surface area contributed by atoms with Crippen molar-refractivity contribution < 1.29 is 14.2 Å². The van der Waals surface area contributed by atoms with Crippen LogP contribution in [0, 0.1) is 0 Å². The van der Waals surface area contributed by atoms with Crippen LogP contribution in [-0.4, -0.2) is 19.8 Å². The Morgan fingerprint density at radius 2 is 2.07 bits per heavy atom. The van der Waals surface area contributed by atoms with E-state index >= 15 is 0 Å². The van der Waals surface area contributed by atoms with E-state index in [1.54, 1.807) is 6.08 Å². The molecule has 1 saturated heterocycles. The Balaban J connectivity index is 2.16. The van der Waals surface area contributed by atoms with Gasteiger partial charge in [0.1, 0.15) is 12.4 Å². The Kier molecular flexibility index (Phi) is 3.37. The van der Waals surface area contributed by atoms with E-state index in [1.807, 2.05) is 24.3 Å². The Hall–Kier alpha value is -1.32. The highest BCUT2D eigenvalue weighted by atomic mass is 16.7. The highest BCUT2D eigenvalue weighted by Crippen LogP contribution is 2.30. The van der Waals surface area contributed by atoms with Crippen LogP contribution in [0.15, 0.2) is 36.9 Å². The van der Waals surface area contributed by atoms with Crippen molar-refractivity contribution in [1.82, 2.24) is 0 Å². The van der Waals surface area contributed by atoms with E-state index in [4.69, 9.17) is 14.2 Å². The molecule has 0 bridgehead atoms. The van der Waals surface area contributed by atoms with E-state index in [1.165, 1.54) is 0 Å². The molecule has 1 aromatic carbocycles. The molecular formula is C12H14O3. The molecule has 0 aliphatic carbocycles. The maximum Gasteiger partial charge on any atom is 0.187 e. The minimum atomic E-state index is -0.286. The summed E-state index contributed by atoms with van der Waals surface area (Å²) >= 11 is 0. The molecule has 1 fully saturated rings. The summed E-state index contributed by atoms with van der Waals surface area (Å²) in [5.74, 6) is 0.796. The molecule has 3 heteroatoms. The molecule has 15 heavy (non-hydrogen) atoms. The van der Waals surface area contributed by atoms with Gasteiger partial charge >= 0.3 is 0 Å². The fourth-order valence-corrected chi connectivity index (χ4v) is 1.49. The lowest BCUT2D eigenvalue weighted by molar-refractivity contribution is -0.0456. The van der Waals surface area contributed by atoms with Crippen LogP contribution in [0.5, 0.6) is 5.75 Å². The number of ether oxygens (including phenoxy) is 3. The Bertz CT molecular complexity index is 329. The molecule has 0 aromatic heterocycles. The maximum atomic E-state index is 5.52. The monoisotopic (exact) mass is 206 g/mol. The van der Waals surface area contributed by atoms with Gasteiger partial charge in [0, 0.05) is 5.56 Å². The number of rotatable bonds is 4. The van der Waals surface area contributed by atoms with Gasteiger partial charge in [-0.3, -0.25) is 0 Å². The van der Waals surface area contributed by atoms with Gasteiger partial charge < -0.3 is 14.2 Å². The third-order valence-electron chi connectivity index (χ3n) is 2.15. The van der Waals surface area contributed by atoms with Crippen LogP contribution >= 0.6 is 0 Å². The molecule has 1 heterocycles. The van der Waals surface area contributed by atoms with Crippen LogP contribution < -0.4 is 4.74 Å². The molecule has 0 saturated carbocycles. The summed E-state index contributed by atoms with van der Waals surface area (Å²) in [6.45, 7) is 5.38. The van der Waals surface area contributed by atoms with Crippen LogP contribution in [0.4, 0.5) is 0 Å². The molecular weight excluding hydrogens is 192 g/mol. The third-order valence-corrected chi connectivity index (χ3v) is 2.15. The molecule has 2 rings (SSSR count). The summed E-state index contributed by atoms with van der Waals surface area (Å²) in [7, 11) is 0. The SMILES string of the molecule is C=CCOc1ccccc1C1OCCO1. The van der Waals surface area contributed by atoms with E-state index in [2.05, 4.69) is 6.58 Å². The predicted molar refractivity (Wildman–Crippen MR) is 56.8 cm³/mol. The minimum Gasteiger partial charge on any atom is -0.489 e. The molecule has 0 radical (unpaired) electrons. The minimum absolute atomic E-state index is 0.286. The average molecular weight is 206 g/mol. The molecule has 80 valence electrons. The maximum absolute atomic E-state index is 5.52. The van der Waals surface area contributed by atoms with Gasteiger partial charge in [-0.1, -0.05) is 30.9 Å². The van der Waals surface area contributed by atoms with Crippen molar-refractivity contribution in [3.63, 3.8) is 0 Å². The average Bonchev–Trinajstić information content (AvgIpc) is 2.80. The summed E-state index contributed by atoms with van der Waals surface area (Å²) in [4.78, 5) is 0. The smallest absolute Gasteiger partial charge is 0.187 e. The number of para-hydroxylation sites is 1. The number of hydrogen-bond donors (Lipinski definition) is 0. The Morgan fingerprint density at radius 1 is 1.33 bits per heavy atom. The van der Waals surface area contributed by atoms with Gasteiger partial charge in [0.15, 0.2) is 6.29 Å². The lowest BCUT2D eigenvalue weighted by atomic mass is 10.2. The Labute approximate surface area is 89.3 Å².